The van der Waals surface area contributed by atoms with Gasteiger partial charge in [0.2, 0.25) is 0 Å². The van der Waals surface area contributed by atoms with E-state index >= 15 is 0 Å². The molecule has 3 aromatic rings. The smallest absolute Gasteiger partial charge is 0.407 e. The van der Waals surface area contributed by atoms with E-state index in [1.54, 1.807) is 0 Å². The van der Waals surface area contributed by atoms with E-state index in [2.05, 4.69) is 78.1 Å². The molecule has 0 aromatic heterocycles. The lowest BCUT2D eigenvalue weighted by atomic mass is 9.91. The molecule has 0 saturated heterocycles. The van der Waals surface area contributed by atoms with Crippen LogP contribution in [-0.2, 0) is 31.6 Å². The van der Waals surface area contributed by atoms with Gasteiger partial charge in [0.05, 0.1) is 29.5 Å². The van der Waals surface area contributed by atoms with Crippen LogP contribution >= 0.6 is 0 Å². The maximum atomic E-state index is 11.9. The molecule has 0 spiro atoms. The molecule has 36 heavy (non-hydrogen) atoms. The van der Waals surface area contributed by atoms with Crippen molar-refractivity contribution in [2.24, 2.45) is 5.41 Å². The number of alkyl carbamates (subject to hydrolysis) is 1. The van der Waals surface area contributed by atoms with Crippen LogP contribution in [0.4, 0.5) is 4.79 Å². The number of rotatable bonds is 12. The Morgan fingerprint density at radius 2 is 1.33 bits per heavy atom. The number of hydrogen-bond acceptors (Lipinski definition) is 4. The molecular weight excluding hydrogens is 470 g/mol. The van der Waals surface area contributed by atoms with E-state index in [4.69, 9.17) is 9.47 Å². The fraction of sp³-hybridized carbons (Fsp3) is 0.333. The highest BCUT2D eigenvalue weighted by Gasteiger charge is 2.28. The SMILES string of the molecule is CCC(C)(C)C(=O)OCCNC(=O)OCCCc1ccc([S+](c2ccccc2)c2ccccc2)cc1. The van der Waals surface area contributed by atoms with Crippen molar-refractivity contribution < 1.29 is 19.1 Å². The third-order valence-corrected chi connectivity index (χ3v) is 8.23. The maximum absolute atomic E-state index is 11.9. The fourth-order valence-corrected chi connectivity index (χ4v) is 5.53. The summed E-state index contributed by atoms with van der Waals surface area (Å²) in [7, 11) is -0.158. The lowest BCUT2D eigenvalue weighted by Crippen LogP contribution is -2.32. The van der Waals surface area contributed by atoms with Gasteiger partial charge in [0.15, 0.2) is 14.7 Å². The Bertz CT molecular complexity index is 1050. The van der Waals surface area contributed by atoms with Crippen LogP contribution in [0, 0.1) is 5.41 Å². The van der Waals surface area contributed by atoms with Gasteiger partial charge in [-0.1, -0.05) is 55.5 Å². The molecule has 0 saturated carbocycles. The van der Waals surface area contributed by atoms with E-state index in [0.29, 0.717) is 13.0 Å². The highest BCUT2D eigenvalue weighted by molar-refractivity contribution is 7.97. The first-order valence-corrected chi connectivity index (χ1v) is 13.6. The Morgan fingerprint density at radius 3 is 1.89 bits per heavy atom. The molecule has 5 nitrogen and oxygen atoms in total. The van der Waals surface area contributed by atoms with Crippen LogP contribution in [0.2, 0.25) is 0 Å². The number of hydrogen-bond donors (Lipinski definition) is 1. The average molecular weight is 507 g/mol. The minimum Gasteiger partial charge on any atom is -0.463 e. The van der Waals surface area contributed by atoms with Gasteiger partial charge in [-0.2, -0.15) is 0 Å². The first kappa shape index (κ1) is 27.3. The third-order valence-electron chi connectivity index (χ3n) is 6.00. The number of benzene rings is 3. The largest absolute Gasteiger partial charge is 0.463 e. The van der Waals surface area contributed by atoms with Crippen LogP contribution in [0.5, 0.6) is 0 Å². The molecule has 0 aliphatic heterocycles. The molecule has 6 heteroatoms. The molecule has 1 N–H and O–H groups in total. The monoisotopic (exact) mass is 506 g/mol. The summed E-state index contributed by atoms with van der Waals surface area (Å²) >= 11 is 0. The van der Waals surface area contributed by atoms with Crippen LogP contribution in [0.25, 0.3) is 0 Å². The van der Waals surface area contributed by atoms with E-state index < -0.39 is 11.5 Å². The summed E-state index contributed by atoms with van der Waals surface area (Å²) in [5, 5.41) is 2.62. The van der Waals surface area contributed by atoms with Crippen molar-refractivity contribution in [3.05, 3.63) is 90.5 Å². The van der Waals surface area contributed by atoms with Gasteiger partial charge in [-0.15, -0.1) is 0 Å². The number of nitrogens with one attached hydrogen (secondary N) is 1. The lowest BCUT2D eigenvalue weighted by Gasteiger charge is -2.20. The highest BCUT2D eigenvalue weighted by Crippen LogP contribution is 2.31. The van der Waals surface area contributed by atoms with Gasteiger partial charge in [0.1, 0.15) is 6.61 Å². The molecule has 0 heterocycles. The number of ether oxygens (including phenoxy) is 2. The summed E-state index contributed by atoms with van der Waals surface area (Å²) in [6.45, 7) is 6.33. The molecule has 3 aromatic carbocycles. The topological polar surface area (TPSA) is 64.6 Å². The van der Waals surface area contributed by atoms with Gasteiger partial charge < -0.3 is 14.8 Å². The van der Waals surface area contributed by atoms with Crippen molar-refractivity contribution in [3.8, 4) is 0 Å². The van der Waals surface area contributed by atoms with Crippen molar-refractivity contribution in [2.75, 3.05) is 19.8 Å². The quantitative estimate of drug-likeness (QED) is 0.175. The van der Waals surface area contributed by atoms with Gasteiger partial charge in [-0.05, 0) is 75.1 Å². The van der Waals surface area contributed by atoms with Crippen LogP contribution in [0.15, 0.2) is 99.6 Å². The fourth-order valence-electron chi connectivity index (χ4n) is 3.44. The number of esters is 1. The molecule has 190 valence electrons. The molecule has 3 rings (SSSR count). The first-order valence-electron chi connectivity index (χ1n) is 12.4. The molecule has 0 fully saturated rings. The number of carbonyl (C=O) groups excluding carboxylic acids is 2. The van der Waals surface area contributed by atoms with Crippen molar-refractivity contribution in [1.29, 1.82) is 0 Å². The van der Waals surface area contributed by atoms with Crippen molar-refractivity contribution in [2.45, 2.75) is 54.7 Å². The highest BCUT2D eigenvalue weighted by atomic mass is 32.2. The van der Waals surface area contributed by atoms with Gasteiger partial charge in [-0.25, -0.2) is 4.79 Å². The van der Waals surface area contributed by atoms with Gasteiger partial charge in [0, 0.05) is 0 Å². The second-order valence-electron chi connectivity index (χ2n) is 9.12. The number of aryl methyl sites for hydroxylation is 1. The summed E-state index contributed by atoms with van der Waals surface area (Å²) in [5.41, 5.74) is 0.696. The van der Waals surface area contributed by atoms with Gasteiger partial charge in [-0.3, -0.25) is 4.79 Å². The zero-order chi connectivity index (χ0) is 25.8. The van der Waals surface area contributed by atoms with E-state index in [1.807, 2.05) is 32.9 Å². The Balaban J connectivity index is 1.43. The predicted octanol–water partition coefficient (Wildman–Crippen LogP) is 6.42. The maximum Gasteiger partial charge on any atom is 0.407 e. The number of amides is 1. The molecule has 0 unspecified atom stereocenters. The summed E-state index contributed by atoms with van der Waals surface area (Å²) < 4.78 is 10.5. The summed E-state index contributed by atoms with van der Waals surface area (Å²) in [5.74, 6) is -0.259. The molecule has 0 bridgehead atoms. The third kappa shape index (κ3) is 8.16. The molecule has 0 aliphatic rings. The average Bonchev–Trinajstić information content (AvgIpc) is 2.91. The van der Waals surface area contributed by atoms with Gasteiger partial charge >= 0.3 is 12.1 Å². The van der Waals surface area contributed by atoms with E-state index in [0.717, 1.165) is 12.8 Å². The first-order chi connectivity index (χ1) is 17.4. The molecule has 0 aliphatic carbocycles. The Kier molecular flexibility index (Phi) is 10.4. The van der Waals surface area contributed by atoms with Gasteiger partial charge in [0.25, 0.3) is 0 Å². The van der Waals surface area contributed by atoms with Crippen molar-refractivity contribution in [1.82, 2.24) is 5.32 Å². The standard InChI is InChI=1S/C30H35NO4S/c1-4-30(2,3)28(32)34-23-21-31-29(33)35-22-11-12-24-17-19-27(20-18-24)36(25-13-7-5-8-14-25)26-15-9-6-10-16-26/h5-10,13-20H,4,11-12,21-23H2,1-3H3/p+1. The Hall–Kier alpha value is -3.25. The van der Waals surface area contributed by atoms with Crippen molar-refractivity contribution >= 4 is 23.0 Å². The zero-order valence-corrected chi connectivity index (χ0v) is 22.2. The van der Waals surface area contributed by atoms with E-state index in [9.17, 15) is 9.59 Å². The molecule has 1 amide bonds. The van der Waals surface area contributed by atoms with E-state index in [-0.39, 0.29) is 30.0 Å². The van der Waals surface area contributed by atoms with Crippen molar-refractivity contribution in [3.63, 3.8) is 0 Å². The molecule has 0 atom stereocenters. The molecular formula is C30H36NO4S+. The van der Waals surface area contributed by atoms with Crippen LogP contribution in [-0.4, -0.2) is 31.8 Å². The normalized spacial score (nSPS) is 11.2. The minimum atomic E-state index is -0.511. The predicted molar refractivity (Wildman–Crippen MR) is 144 cm³/mol. The van der Waals surface area contributed by atoms with Crippen LogP contribution < -0.4 is 5.32 Å². The second-order valence-corrected chi connectivity index (χ2v) is 11.1. The van der Waals surface area contributed by atoms with Crippen LogP contribution in [0.1, 0.15) is 39.2 Å². The summed E-state index contributed by atoms with van der Waals surface area (Å²) in [6.07, 6.45) is 1.76. The lowest BCUT2D eigenvalue weighted by molar-refractivity contribution is -0.153. The zero-order valence-electron chi connectivity index (χ0n) is 21.4. The second kappa shape index (κ2) is 13.7. The minimum absolute atomic E-state index is 0.136. The Labute approximate surface area is 217 Å². The summed E-state index contributed by atoms with van der Waals surface area (Å²) in [4.78, 5) is 27.6. The van der Waals surface area contributed by atoms with E-state index in [1.165, 1.54) is 20.2 Å². The van der Waals surface area contributed by atoms with Crippen LogP contribution in [0.3, 0.4) is 0 Å². The molecule has 0 radical (unpaired) electrons. The Morgan fingerprint density at radius 1 is 0.778 bits per heavy atom. The number of carbonyl (C=O) groups is 2. The summed E-state index contributed by atoms with van der Waals surface area (Å²) in [6, 6.07) is 29.9.